The monoisotopic (exact) mass is 322 g/mol. The molecule has 0 bridgehead atoms. The maximum Gasteiger partial charge on any atom is 0.253 e. The Balaban J connectivity index is 1.84. The Bertz CT molecular complexity index is 577. The van der Waals surface area contributed by atoms with E-state index in [2.05, 4.69) is 12.2 Å². The number of carbonyl (C=O) groups excluding carboxylic acids is 1. The molecule has 0 unspecified atom stereocenters. The molecule has 5 heteroatoms. The Morgan fingerprint density at radius 1 is 1.13 bits per heavy atom. The maximum atomic E-state index is 14.2. The number of halogens is 2. The van der Waals surface area contributed by atoms with E-state index in [1.54, 1.807) is 11.0 Å². The number of likely N-dealkylation sites (tertiary alicyclic amines) is 1. The number of amides is 1. The minimum atomic E-state index is -0.908. The number of nitrogens with one attached hydrogen (secondary N) is 1. The van der Waals surface area contributed by atoms with Crippen LogP contribution in [-0.4, -0.2) is 37.0 Å². The van der Waals surface area contributed by atoms with Crippen molar-refractivity contribution in [3.8, 4) is 0 Å². The van der Waals surface area contributed by atoms with Gasteiger partial charge in [-0.15, -0.1) is 0 Å². The first-order valence-corrected chi connectivity index (χ1v) is 8.55. The van der Waals surface area contributed by atoms with E-state index >= 15 is 0 Å². The van der Waals surface area contributed by atoms with Crippen LogP contribution in [0.3, 0.4) is 0 Å². The Morgan fingerprint density at radius 2 is 1.78 bits per heavy atom. The van der Waals surface area contributed by atoms with Crippen LogP contribution in [0.5, 0.6) is 0 Å². The number of rotatable bonds is 2. The van der Waals surface area contributed by atoms with Gasteiger partial charge >= 0.3 is 0 Å². The van der Waals surface area contributed by atoms with Crippen LogP contribution in [-0.2, 0) is 0 Å². The van der Waals surface area contributed by atoms with Crippen LogP contribution in [0.4, 0.5) is 8.78 Å². The highest BCUT2D eigenvalue weighted by atomic mass is 19.2. The summed E-state index contributed by atoms with van der Waals surface area (Å²) in [6.07, 6.45) is 3.48. The van der Waals surface area contributed by atoms with E-state index in [4.69, 9.17) is 0 Å². The fourth-order valence-electron chi connectivity index (χ4n) is 3.56. The third kappa shape index (κ3) is 3.55. The van der Waals surface area contributed by atoms with Gasteiger partial charge in [-0.3, -0.25) is 4.79 Å². The second-order valence-corrected chi connectivity index (χ2v) is 6.86. The van der Waals surface area contributed by atoms with Gasteiger partial charge in [0.25, 0.3) is 5.91 Å². The van der Waals surface area contributed by atoms with Crippen LogP contribution in [0, 0.1) is 17.6 Å². The zero-order valence-corrected chi connectivity index (χ0v) is 13.6. The highest BCUT2D eigenvalue weighted by Gasteiger charge is 2.26. The number of hydrogen-bond donors (Lipinski definition) is 1. The number of carbonyl (C=O) groups is 1. The summed E-state index contributed by atoms with van der Waals surface area (Å²) < 4.78 is 28.2. The maximum absolute atomic E-state index is 14.2. The second-order valence-electron chi connectivity index (χ2n) is 6.86. The number of nitrogens with zero attached hydrogens (tertiary/aromatic N) is 1. The minimum Gasteiger partial charge on any atom is -0.339 e. The van der Waals surface area contributed by atoms with E-state index in [1.807, 2.05) is 0 Å². The molecular formula is C18H24F2N2O. The summed E-state index contributed by atoms with van der Waals surface area (Å²) >= 11 is 0. The molecule has 23 heavy (non-hydrogen) atoms. The summed E-state index contributed by atoms with van der Waals surface area (Å²) in [5.74, 6) is -1.27. The molecule has 0 aliphatic carbocycles. The number of piperidine rings is 2. The van der Waals surface area contributed by atoms with Crippen LogP contribution in [0.2, 0.25) is 0 Å². The first-order chi connectivity index (χ1) is 11.1. The number of hydrogen-bond acceptors (Lipinski definition) is 2. The number of benzene rings is 1. The summed E-state index contributed by atoms with van der Waals surface area (Å²) in [4.78, 5) is 14.4. The third-order valence-electron chi connectivity index (χ3n) is 5.15. The van der Waals surface area contributed by atoms with Gasteiger partial charge in [0.05, 0.1) is 0 Å². The van der Waals surface area contributed by atoms with Gasteiger partial charge in [-0.2, -0.15) is 0 Å². The fraction of sp³-hybridized carbons (Fsp3) is 0.611. The molecule has 2 aliphatic rings. The molecule has 1 aromatic carbocycles. The molecule has 0 spiro atoms. The normalized spacial score (nSPS) is 20.7. The van der Waals surface area contributed by atoms with Gasteiger partial charge in [0.15, 0.2) is 11.6 Å². The van der Waals surface area contributed by atoms with Crippen LogP contribution in [0.25, 0.3) is 0 Å². The molecule has 2 aliphatic heterocycles. The summed E-state index contributed by atoms with van der Waals surface area (Å²) in [5, 5.41) is 3.22. The van der Waals surface area contributed by atoms with Crippen molar-refractivity contribution < 1.29 is 13.6 Å². The van der Waals surface area contributed by atoms with E-state index in [-0.39, 0.29) is 17.4 Å². The molecule has 3 nitrogen and oxygen atoms in total. The van der Waals surface area contributed by atoms with E-state index < -0.39 is 11.6 Å². The molecule has 126 valence electrons. The predicted octanol–water partition coefficient (Wildman–Crippen LogP) is 3.30. The standard InChI is InChI=1S/C18H24F2N2O/c1-12-4-8-22(9-5-12)18(23)14-10-15(17(20)16(19)11-14)13-2-6-21-7-3-13/h10-13,21H,2-9H2,1H3. The molecule has 1 amide bonds. The van der Waals surface area contributed by atoms with E-state index in [0.717, 1.165) is 44.8 Å². The fourth-order valence-corrected chi connectivity index (χ4v) is 3.56. The molecule has 2 heterocycles. The summed E-state index contributed by atoms with van der Waals surface area (Å²) in [6, 6.07) is 2.63. The minimum absolute atomic E-state index is 0.0140. The average Bonchev–Trinajstić information content (AvgIpc) is 2.58. The van der Waals surface area contributed by atoms with Crippen molar-refractivity contribution in [2.24, 2.45) is 5.92 Å². The highest BCUT2D eigenvalue weighted by molar-refractivity contribution is 5.94. The Kier molecular flexibility index (Phi) is 4.95. The molecule has 2 saturated heterocycles. The molecule has 1 N–H and O–H groups in total. The van der Waals surface area contributed by atoms with Crippen molar-refractivity contribution in [3.63, 3.8) is 0 Å². The Hall–Kier alpha value is -1.49. The van der Waals surface area contributed by atoms with Gasteiger partial charge < -0.3 is 10.2 Å². The highest BCUT2D eigenvalue weighted by Crippen LogP contribution is 2.30. The van der Waals surface area contributed by atoms with Crippen molar-refractivity contribution in [2.75, 3.05) is 26.2 Å². The molecule has 3 rings (SSSR count). The lowest BCUT2D eigenvalue weighted by atomic mass is 9.88. The third-order valence-corrected chi connectivity index (χ3v) is 5.15. The molecule has 0 atom stereocenters. The first kappa shape index (κ1) is 16.4. The lowest BCUT2D eigenvalue weighted by molar-refractivity contribution is 0.0696. The molecule has 2 fully saturated rings. The van der Waals surface area contributed by atoms with E-state index in [0.29, 0.717) is 24.6 Å². The summed E-state index contributed by atoms with van der Waals surface area (Å²) in [7, 11) is 0. The zero-order chi connectivity index (χ0) is 16.4. The molecule has 0 saturated carbocycles. The average molecular weight is 322 g/mol. The molecule has 0 radical (unpaired) electrons. The molecular weight excluding hydrogens is 298 g/mol. The van der Waals surface area contributed by atoms with Gasteiger partial charge in [-0.1, -0.05) is 6.92 Å². The smallest absolute Gasteiger partial charge is 0.253 e. The van der Waals surface area contributed by atoms with Gasteiger partial charge in [0, 0.05) is 18.7 Å². The van der Waals surface area contributed by atoms with Gasteiger partial charge in [-0.25, -0.2) is 8.78 Å². The van der Waals surface area contributed by atoms with Crippen LogP contribution < -0.4 is 5.32 Å². The van der Waals surface area contributed by atoms with Gasteiger partial charge in [0.2, 0.25) is 0 Å². The van der Waals surface area contributed by atoms with Crippen molar-refractivity contribution in [1.29, 1.82) is 0 Å². The van der Waals surface area contributed by atoms with Crippen molar-refractivity contribution in [2.45, 2.75) is 38.5 Å². The van der Waals surface area contributed by atoms with Crippen LogP contribution in [0.15, 0.2) is 12.1 Å². The van der Waals surface area contributed by atoms with Crippen molar-refractivity contribution in [1.82, 2.24) is 10.2 Å². The largest absolute Gasteiger partial charge is 0.339 e. The SMILES string of the molecule is CC1CCN(C(=O)c2cc(F)c(F)c(C3CCNCC3)c2)CC1. The molecule has 1 aromatic rings. The van der Waals surface area contributed by atoms with Crippen LogP contribution in [0.1, 0.15) is 54.4 Å². The Labute approximate surface area is 136 Å². The van der Waals surface area contributed by atoms with Gasteiger partial charge in [-0.05, 0) is 68.3 Å². The van der Waals surface area contributed by atoms with E-state index in [9.17, 15) is 13.6 Å². The summed E-state index contributed by atoms with van der Waals surface area (Å²) in [5.41, 5.74) is 0.646. The van der Waals surface area contributed by atoms with Gasteiger partial charge in [0.1, 0.15) is 0 Å². The quantitative estimate of drug-likeness (QED) is 0.906. The molecule has 0 aromatic heterocycles. The van der Waals surface area contributed by atoms with Crippen LogP contribution >= 0.6 is 0 Å². The lowest BCUT2D eigenvalue weighted by Gasteiger charge is -2.31. The van der Waals surface area contributed by atoms with Crippen molar-refractivity contribution in [3.05, 3.63) is 34.9 Å². The van der Waals surface area contributed by atoms with Crippen molar-refractivity contribution >= 4 is 5.91 Å². The summed E-state index contributed by atoms with van der Waals surface area (Å²) in [6.45, 7) is 5.17. The predicted molar refractivity (Wildman–Crippen MR) is 85.5 cm³/mol. The lowest BCUT2D eigenvalue weighted by Crippen LogP contribution is -2.38. The first-order valence-electron chi connectivity index (χ1n) is 8.55. The van der Waals surface area contributed by atoms with E-state index in [1.165, 1.54) is 0 Å². The second kappa shape index (κ2) is 6.95. The topological polar surface area (TPSA) is 32.3 Å². The Morgan fingerprint density at radius 3 is 2.43 bits per heavy atom. The zero-order valence-electron chi connectivity index (χ0n) is 13.6.